The minimum atomic E-state index is -0.654. The van der Waals surface area contributed by atoms with Gasteiger partial charge in [-0.3, -0.25) is 9.59 Å². The Morgan fingerprint density at radius 3 is 2.32 bits per heavy atom. The van der Waals surface area contributed by atoms with E-state index in [0.29, 0.717) is 47.6 Å². The van der Waals surface area contributed by atoms with Crippen LogP contribution >= 0.6 is 0 Å². The van der Waals surface area contributed by atoms with Gasteiger partial charge in [0.1, 0.15) is 5.75 Å². The number of benzene rings is 2. The zero-order chi connectivity index (χ0) is 26.7. The van der Waals surface area contributed by atoms with Crippen LogP contribution in [-0.4, -0.2) is 38.5 Å². The Bertz CT molecular complexity index is 1290. The number of methoxy groups -OCH3 is 2. The molecule has 0 radical (unpaired) electrons. The van der Waals surface area contributed by atoms with E-state index >= 15 is 0 Å². The third-order valence-corrected chi connectivity index (χ3v) is 6.67. The summed E-state index contributed by atoms with van der Waals surface area (Å²) >= 11 is 0. The van der Waals surface area contributed by atoms with Gasteiger partial charge in [-0.2, -0.15) is 0 Å². The van der Waals surface area contributed by atoms with Gasteiger partial charge in [0.15, 0.2) is 17.3 Å². The van der Waals surface area contributed by atoms with Gasteiger partial charge >= 0.3 is 11.9 Å². The van der Waals surface area contributed by atoms with Crippen LogP contribution < -0.4 is 19.5 Å². The van der Waals surface area contributed by atoms with Crippen molar-refractivity contribution in [1.82, 2.24) is 5.32 Å². The highest BCUT2D eigenvalue weighted by molar-refractivity contribution is 6.04. The van der Waals surface area contributed by atoms with Crippen LogP contribution in [0.5, 0.6) is 17.2 Å². The predicted molar refractivity (Wildman–Crippen MR) is 137 cm³/mol. The second-order valence-electron chi connectivity index (χ2n) is 9.01. The first-order valence-electron chi connectivity index (χ1n) is 12.2. The fourth-order valence-electron chi connectivity index (χ4n) is 5.08. The van der Waals surface area contributed by atoms with Crippen LogP contribution in [-0.2, 0) is 19.1 Å². The minimum Gasteiger partial charge on any atom is -0.497 e. The smallest absolute Gasteiger partial charge is 0.336 e. The van der Waals surface area contributed by atoms with Crippen LogP contribution in [0.15, 0.2) is 65.0 Å². The summed E-state index contributed by atoms with van der Waals surface area (Å²) in [6.45, 7) is 5.29. The highest BCUT2D eigenvalue weighted by Gasteiger charge is 2.41. The van der Waals surface area contributed by atoms with E-state index in [2.05, 4.69) is 5.32 Å². The van der Waals surface area contributed by atoms with Gasteiger partial charge in [0.25, 0.3) is 0 Å². The number of hydrogen-bond acceptors (Lipinski definition) is 8. The van der Waals surface area contributed by atoms with E-state index in [1.807, 2.05) is 31.2 Å². The third-order valence-electron chi connectivity index (χ3n) is 6.67. The number of rotatable bonds is 7. The fourth-order valence-corrected chi connectivity index (χ4v) is 5.08. The van der Waals surface area contributed by atoms with E-state index in [-0.39, 0.29) is 17.5 Å². The Hall–Kier alpha value is -4.07. The third kappa shape index (κ3) is 5.23. The van der Waals surface area contributed by atoms with Gasteiger partial charge in [-0.15, -0.1) is 0 Å². The number of nitrogens with one attached hydrogen (secondary N) is 1. The van der Waals surface area contributed by atoms with E-state index in [9.17, 15) is 14.4 Å². The van der Waals surface area contributed by atoms with Crippen LogP contribution in [0.25, 0.3) is 0 Å². The molecule has 0 aromatic heterocycles. The van der Waals surface area contributed by atoms with Crippen molar-refractivity contribution < 1.29 is 33.3 Å². The molecular formula is C29H31NO7. The number of carbonyl (C=O) groups is 3. The highest BCUT2D eigenvalue weighted by Crippen LogP contribution is 2.47. The number of esters is 2. The maximum absolute atomic E-state index is 13.7. The molecule has 0 spiro atoms. The minimum absolute atomic E-state index is 0.0110. The maximum Gasteiger partial charge on any atom is 0.336 e. The van der Waals surface area contributed by atoms with Crippen molar-refractivity contribution in [2.45, 2.75) is 45.4 Å². The van der Waals surface area contributed by atoms with E-state index in [1.54, 1.807) is 32.2 Å². The lowest BCUT2D eigenvalue weighted by Gasteiger charge is -2.36. The lowest BCUT2D eigenvalue weighted by Crippen LogP contribution is -2.36. The van der Waals surface area contributed by atoms with Crippen molar-refractivity contribution in [1.29, 1.82) is 0 Å². The Labute approximate surface area is 216 Å². The summed E-state index contributed by atoms with van der Waals surface area (Å²) in [6, 6.07) is 12.8. The molecule has 1 aliphatic carbocycles. The van der Waals surface area contributed by atoms with Gasteiger partial charge in [0.05, 0.1) is 26.4 Å². The SMILES string of the molecule is CCOc1cc([C@H]2C(C(=O)OC)=C(C)NC3=C2C(=O)C[C@@H](c2ccc(OC)cc2)C3)ccc1OC(C)=O. The standard InChI is InChI=1S/C29H31NO7/c1-6-36-25-15-19(9-12-24(25)37-17(3)31)27-26(29(33)35-5)16(2)30-22-13-20(14-23(32)28(22)27)18-7-10-21(34-4)11-8-18/h7-12,15,20,27,30H,6,13-14H2,1-5H3/t20-,27-/m0/s1. The van der Waals surface area contributed by atoms with E-state index in [4.69, 9.17) is 18.9 Å². The van der Waals surface area contributed by atoms with Crippen molar-refractivity contribution in [3.8, 4) is 17.2 Å². The molecule has 0 bridgehead atoms. The number of Topliss-reactive ketones (excluding diaryl/α,β-unsaturated/α-hetero) is 1. The zero-order valence-electron chi connectivity index (χ0n) is 21.7. The molecule has 2 aromatic rings. The summed E-state index contributed by atoms with van der Waals surface area (Å²) in [6.07, 6.45) is 0.917. The molecule has 1 heterocycles. The summed E-state index contributed by atoms with van der Waals surface area (Å²) in [5, 5.41) is 3.33. The lowest BCUT2D eigenvalue weighted by molar-refractivity contribution is -0.136. The van der Waals surface area contributed by atoms with Gasteiger partial charge in [-0.05, 0) is 61.6 Å². The topological polar surface area (TPSA) is 100 Å². The molecular weight excluding hydrogens is 474 g/mol. The van der Waals surface area contributed by atoms with Crippen LogP contribution in [0.2, 0.25) is 0 Å². The van der Waals surface area contributed by atoms with Gasteiger partial charge in [0.2, 0.25) is 0 Å². The summed E-state index contributed by atoms with van der Waals surface area (Å²) in [7, 11) is 2.94. The molecule has 194 valence electrons. The van der Waals surface area contributed by atoms with Gasteiger partial charge in [-0.1, -0.05) is 18.2 Å². The van der Waals surface area contributed by atoms with Crippen LogP contribution in [0.4, 0.5) is 0 Å². The maximum atomic E-state index is 13.7. The Balaban J connectivity index is 1.80. The van der Waals surface area contributed by atoms with E-state index < -0.39 is 17.9 Å². The van der Waals surface area contributed by atoms with Crippen LogP contribution in [0.3, 0.4) is 0 Å². The average Bonchev–Trinajstić information content (AvgIpc) is 2.88. The molecule has 0 unspecified atom stereocenters. The lowest BCUT2D eigenvalue weighted by atomic mass is 9.71. The Morgan fingerprint density at radius 1 is 1.00 bits per heavy atom. The van der Waals surface area contributed by atoms with E-state index in [1.165, 1.54) is 14.0 Å². The summed E-state index contributed by atoms with van der Waals surface area (Å²) < 4.78 is 21.4. The molecule has 0 amide bonds. The summed E-state index contributed by atoms with van der Waals surface area (Å²) in [4.78, 5) is 38.2. The molecule has 8 nitrogen and oxygen atoms in total. The molecule has 8 heteroatoms. The molecule has 37 heavy (non-hydrogen) atoms. The molecule has 4 rings (SSSR count). The number of ether oxygens (including phenoxy) is 4. The zero-order valence-corrected chi connectivity index (χ0v) is 21.7. The predicted octanol–water partition coefficient (Wildman–Crippen LogP) is 4.55. The van der Waals surface area contributed by atoms with Crippen LogP contribution in [0.1, 0.15) is 56.6 Å². The number of dihydropyridines is 1. The monoisotopic (exact) mass is 505 g/mol. The van der Waals surface area contributed by atoms with Gasteiger partial charge in [-0.25, -0.2) is 4.79 Å². The normalized spacial score (nSPS) is 19.1. The quantitative estimate of drug-likeness (QED) is 0.432. The van der Waals surface area contributed by atoms with Crippen molar-refractivity contribution in [3.63, 3.8) is 0 Å². The van der Waals surface area contributed by atoms with Crippen molar-refractivity contribution in [2.24, 2.45) is 0 Å². The van der Waals surface area contributed by atoms with Gasteiger partial charge < -0.3 is 24.3 Å². The molecule has 0 saturated heterocycles. The first-order chi connectivity index (χ1) is 17.8. The van der Waals surface area contributed by atoms with E-state index in [0.717, 1.165) is 17.0 Å². The Kier molecular flexibility index (Phi) is 7.66. The summed E-state index contributed by atoms with van der Waals surface area (Å²) in [5.41, 5.74) is 4.03. The number of hydrogen-bond donors (Lipinski definition) is 1. The molecule has 2 aliphatic rings. The molecule has 2 atom stereocenters. The first-order valence-corrected chi connectivity index (χ1v) is 12.2. The largest absolute Gasteiger partial charge is 0.497 e. The molecule has 0 saturated carbocycles. The van der Waals surface area contributed by atoms with Crippen molar-refractivity contribution in [3.05, 3.63) is 76.1 Å². The van der Waals surface area contributed by atoms with Crippen molar-refractivity contribution >= 4 is 17.7 Å². The summed E-state index contributed by atoms with van der Waals surface area (Å²) in [5.74, 6) is -0.317. The number of allylic oxidation sites excluding steroid dienone is 3. The van der Waals surface area contributed by atoms with Crippen molar-refractivity contribution in [2.75, 3.05) is 20.8 Å². The molecule has 2 aromatic carbocycles. The first kappa shape index (κ1) is 26.0. The molecule has 1 aliphatic heterocycles. The second-order valence-corrected chi connectivity index (χ2v) is 9.01. The molecule has 1 N–H and O–H groups in total. The molecule has 0 fully saturated rings. The number of carbonyl (C=O) groups excluding carboxylic acids is 3. The average molecular weight is 506 g/mol. The Morgan fingerprint density at radius 2 is 1.70 bits per heavy atom. The van der Waals surface area contributed by atoms with Crippen LogP contribution in [0, 0.1) is 0 Å². The second kappa shape index (κ2) is 10.9. The van der Waals surface area contributed by atoms with Gasteiger partial charge in [0, 0.05) is 36.2 Å². The number of ketones is 1. The fraction of sp³-hybridized carbons (Fsp3) is 0.345. The highest BCUT2D eigenvalue weighted by atomic mass is 16.6.